The normalized spacial score (nSPS) is 16.3. The molecule has 3 aromatic rings. The highest BCUT2D eigenvalue weighted by molar-refractivity contribution is 7.07. The molecule has 0 radical (unpaired) electrons. The fourth-order valence-electron chi connectivity index (χ4n) is 3.25. The number of thiazole rings is 1. The van der Waals surface area contributed by atoms with E-state index in [1.54, 1.807) is 17.6 Å². The molecule has 4 heteroatoms. The van der Waals surface area contributed by atoms with Crippen LogP contribution < -0.4 is 4.80 Å². The van der Waals surface area contributed by atoms with Crippen LogP contribution in [0.25, 0.3) is 11.5 Å². The SMILES string of the molecule is Cc1ccc(N=c2scc(-c3ccco3)n2C2CCCC2)cc1. The van der Waals surface area contributed by atoms with Gasteiger partial charge in [-0.1, -0.05) is 30.5 Å². The zero-order valence-electron chi connectivity index (χ0n) is 13.2. The van der Waals surface area contributed by atoms with Gasteiger partial charge < -0.3 is 8.98 Å². The van der Waals surface area contributed by atoms with Gasteiger partial charge in [0.15, 0.2) is 10.6 Å². The number of aryl methyl sites for hydroxylation is 1. The third-order valence-corrected chi connectivity index (χ3v) is 5.30. The summed E-state index contributed by atoms with van der Waals surface area (Å²) < 4.78 is 8.03. The van der Waals surface area contributed by atoms with Crippen LogP contribution in [-0.4, -0.2) is 4.57 Å². The molecule has 0 N–H and O–H groups in total. The van der Waals surface area contributed by atoms with Gasteiger partial charge in [-0.25, -0.2) is 4.99 Å². The van der Waals surface area contributed by atoms with E-state index in [1.807, 2.05) is 12.1 Å². The first-order chi connectivity index (χ1) is 11.3. The molecule has 118 valence electrons. The Hall–Kier alpha value is -2.07. The molecular weight excluding hydrogens is 304 g/mol. The predicted octanol–water partition coefficient (Wildman–Crippen LogP) is 5.47. The molecule has 0 aliphatic heterocycles. The summed E-state index contributed by atoms with van der Waals surface area (Å²) >= 11 is 1.70. The summed E-state index contributed by atoms with van der Waals surface area (Å²) in [4.78, 5) is 5.96. The third kappa shape index (κ3) is 2.91. The maximum Gasteiger partial charge on any atom is 0.190 e. The lowest BCUT2D eigenvalue weighted by molar-refractivity contribution is 0.499. The lowest BCUT2D eigenvalue weighted by atomic mass is 10.2. The van der Waals surface area contributed by atoms with E-state index in [0.717, 1.165) is 21.9 Å². The smallest absolute Gasteiger partial charge is 0.190 e. The molecule has 0 bridgehead atoms. The first-order valence-electron chi connectivity index (χ1n) is 8.16. The second-order valence-corrected chi connectivity index (χ2v) is 6.97. The van der Waals surface area contributed by atoms with Crippen LogP contribution in [-0.2, 0) is 0 Å². The Balaban J connectivity index is 1.84. The Morgan fingerprint density at radius 2 is 1.91 bits per heavy atom. The van der Waals surface area contributed by atoms with Crippen LogP contribution in [0.2, 0.25) is 0 Å². The zero-order valence-corrected chi connectivity index (χ0v) is 14.1. The maximum absolute atomic E-state index is 5.64. The van der Waals surface area contributed by atoms with Crippen molar-refractivity contribution in [1.82, 2.24) is 4.57 Å². The second-order valence-electron chi connectivity index (χ2n) is 6.14. The van der Waals surface area contributed by atoms with Gasteiger partial charge in [-0.15, -0.1) is 11.3 Å². The number of hydrogen-bond donors (Lipinski definition) is 0. The molecule has 2 heterocycles. The number of furan rings is 1. The summed E-state index contributed by atoms with van der Waals surface area (Å²) in [6.45, 7) is 2.10. The summed E-state index contributed by atoms with van der Waals surface area (Å²) in [5.74, 6) is 0.929. The molecule has 0 unspecified atom stereocenters. The van der Waals surface area contributed by atoms with Gasteiger partial charge in [0.1, 0.15) is 0 Å². The van der Waals surface area contributed by atoms with Crippen LogP contribution >= 0.6 is 11.3 Å². The Labute approximate surface area is 139 Å². The molecule has 0 spiro atoms. The van der Waals surface area contributed by atoms with Crippen molar-refractivity contribution in [1.29, 1.82) is 0 Å². The molecular formula is C19H20N2OS. The molecule has 0 saturated heterocycles. The van der Waals surface area contributed by atoms with E-state index in [2.05, 4.69) is 41.1 Å². The van der Waals surface area contributed by atoms with Gasteiger partial charge in [0.25, 0.3) is 0 Å². The highest BCUT2D eigenvalue weighted by atomic mass is 32.1. The molecule has 1 saturated carbocycles. The predicted molar refractivity (Wildman–Crippen MR) is 93.9 cm³/mol. The summed E-state index contributed by atoms with van der Waals surface area (Å²) in [6.07, 6.45) is 6.80. The monoisotopic (exact) mass is 324 g/mol. The Bertz CT molecular complexity index is 834. The van der Waals surface area contributed by atoms with Gasteiger partial charge in [0, 0.05) is 11.4 Å². The minimum Gasteiger partial charge on any atom is -0.463 e. The highest BCUT2D eigenvalue weighted by Gasteiger charge is 2.22. The summed E-state index contributed by atoms with van der Waals surface area (Å²) in [7, 11) is 0. The fourth-order valence-corrected chi connectivity index (χ4v) is 4.22. The Morgan fingerprint density at radius 1 is 1.13 bits per heavy atom. The number of hydrogen-bond acceptors (Lipinski definition) is 3. The standard InChI is InChI=1S/C19H20N2OS/c1-14-8-10-15(11-9-14)20-19-21(16-5-2-3-6-16)17(13-23-19)18-7-4-12-22-18/h4,7-13,16H,2-3,5-6H2,1H3. The molecule has 1 aromatic carbocycles. The largest absolute Gasteiger partial charge is 0.463 e. The van der Waals surface area contributed by atoms with Gasteiger partial charge in [0.05, 0.1) is 17.6 Å². The van der Waals surface area contributed by atoms with E-state index in [-0.39, 0.29) is 0 Å². The molecule has 1 fully saturated rings. The Morgan fingerprint density at radius 3 is 2.61 bits per heavy atom. The van der Waals surface area contributed by atoms with E-state index in [4.69, 9.17) is 9.41 Å². The summed E-state index contributed by atoms with van der Waals surface area (Å²) in [5.41, 5.74) is 3.42. The van der Waals surface area contributed by atoms with Gasteiger partial charge in [-0.2, -0.15) is 0 Å². The maximum atomic E-state index is 5.64. The van der Waals surface area contributed by atoms with Crippen LogP contribution in [0.3, 0.4) is 0 Å². The summed E-state index contributed by atoms with van der Waals surface area (Å²) in [6, 6.07) is 12.9. The number of rotatable bonds is 3. The Kier molecular flexibility index (Phi) is 3.92. The zero-order chi connectivity index (χ0) is 15.6. The van der Waals surface area contributed by atoms with Crippen molar-refractivity contribution >= 4 is 17.0 Å². The average Bonchev–Trinajstić information content (AvgIpc) is 3.30. The fraction of sp³-hybridized carbons (Fsp3) is 0.316. The van der Waals surface area contributed by atoms with Crippen molar-refractivity contribution in [2.24, 2.45) is 4.99 Å². The van der Waals surface area contributed by atoms with Crippen LogP contribution in [0.5, 0.6) is 0 Å². The highest BCUT2D eigenvalue weighted by Crippen LogP contribution is 2.33. The number of benzene rings is 1. The van der Waals surface area contributed by atoms with E-state index in [0.29, 0.717) is 6.04 Å². The quantitative estimate of drug-likeness (QED) is 0.628. The van der Waals surface area contributed by atoms with Crippen molar-refractivity contribution in [3.63, 3.8) is 0 Å². The van der Waals surface area contributed by atoms with E-state index >= 15 is 0 Å². The first kappa shape index (κ1) is 14.5. The topological polar surface area (TPSA) is 30.4 Å². The van der Waals surface area contributed by atoms with Crippen molar-refractivity contribution in [3.05, 3.63) is 58.4 Å². The minimum atomic E-state index is 0.533. The molecule has 1 aliphatic carbocycles. The van der Waals surface area contributed by atoms with E-state index in [1.165, 1.54) is 31.2 Å². The van der Waals surface area contributed by atoms with Crippen molar-refractivity contribution in [3.8, 4) is 11.5 Å². The van der Waals surface area contributed by atoms with E-state index in [9.17, 15) is 0 Å². The number of aromatic nitrogens is 1. The molecule has 0 atom stereocenters. The van der Waals surface area contributed by atoms with Crippen LogP contribution in [0.1, 0.15) is 37.3 Å². The van der Waals surface area contributed by atoms with Crippen molar-refractivity contribution in [2.75, 3.05) is 0 Å². The molecule has 23 heavy (non-hydrogen) atoms. The van der Waals surface area contributed by atoms with Gasteiger partial charge in [-0.3, -0.25) is 0 Å². The van der Waals surface area contributed by atoms with Crippen LogP contribution in [0.15, 0.2) is 57.5 Å². The van der Waals surface area contributed by atoms with E-state index < -0.39 is 0 Å². The molecule has 0 amide bonds. The second kappa shape index (κ2) is 6.20. The van der Waals surface area contributed by atoms with Gasteiger partial charge >= 0.3 is 0 Å². The first-order valence-corrected chi connectivity index (χ1v) is 9.04. The third-order valence-electron chi connectivity index (χ3n) is 4.46. The molecule has 1 aliphatic rings. The van der Waals surface area contributed by atoms with Crippen LogP contribution in [0, 0.1) is 6.92 Å². The lowest BCUT2D eigenvalue weighted by Gasteiger charge is -2.14. The molecule has 2 aromatic heterocycles. The molecule has 4 rings (SSSR count). The average molecular weight is 324 g/mol. The van der Waals surface area contributed by atoms with Gasteiger partial charge in [0.2, 0.25) is 0 Å². The summed E-state index contributed by atoms with van der Waals surface area (Å²) in [5, 5.41) is 2.17. The van der Waals surface area contributed by atoms with Crippen molar-refractivity contribution < 1.29 is 4.42 Å². The number of nitrogens with zero attached hydrogens (tertiary/aromatic N) is 2. The van der Waals surface area contributed by atoms with Crippen molar-refractivity contribution in [2.45, 2.75) is 38.6 Å². The lowest BCUT2D eigenvalue weighted by Crippen LogP contribution is -2.19. The van der Waals surface area contributed by atoms with Crippen LogP contribution in [0.4, 0.5) is 5.69 Å². The van der Waals surface area contributed by atoms with Gasteiger partial charge in [-0.05, 0) is 44.0 Å². The molecule has 3 nitrogen and oxygen atoms in total. The minimum absolute atomic E-state index is 0.533.